The number of nitrogens with zero attached hydrogens (tertiary/aromatic N) is 1. The van der Waals surface area contributed by atoms with Crippen LogP contribution in [0.3, 0.4) is 0 Å². The topological polar surface area (TPSA) is 52.9 Å². The van der Waals surface area contributed by atoms with E-state index in [-0.39, 0.29) is 24.2 Å². The average molecular weight is 287 g/mol. The van der Waals surface area contributed by atoms with E-state index in [1.165, 1.54) is 0 Å². The molecule has 120 valence electrons. The third kappa shape index (κ3) is 4.69. The smallest absolute Gasteiger partial charge is 0.0959 e. The van der Waals surface area contributed by atoms with Crippen molar-refractivity contribution in [3.05, 3.63) is 0 Å². The lowest BCUT2D eigenvalue weighted by Crippen LogP contribution is -2.57. The molecule has 0 aromatic carbocycles. The molecule has 4 unspecified atom stereocenters. The van der Waals surface area contributed by atoms with Crippen LogP contribution in [-0.2, 0) is 4.74 Å². The normalized spacial score (nSPS) is 33.1. The molecule has 0 spiro atoms. The molecule has 1 fully saturated rings. The van der Waals surface area contributed by atoms with Gasteiger partial charge in [0.1, 0.15) is 0 Å². The van der Waals surface area contributed by atoms with Crippen molar-refractivity contribution >= 4 is 0 Å². The van der Waals surface area contributed by atoms with Crippen LogP contribution in [-0.4, -0.2) is 59.7 Å². The molecule has 0 radical (unpaired) electrons. The van der Waals surface area contributed by atoms with Crippen molar-refractivity contribution in [2.75, 3.05) is 14.1 Å². The summed E-state index contributed by atoms with van der Waals surface area (Å²) in [5.41, 5.74) is 0. The standard InChI is InChI=1S/C16H33NO3/c1-10(2)7-8-13(18)14-9-12(17(5)6)15(19)16(20-14)11(3)4/h10-16,18-19H,7-9H2,1-6H3/t12?,13?,14?,15?,16-/m0/s1. The Morgan fingerprint density at radius 1 is 1.15 bits per heavy atom. The Balaban J connectivity index is 2.71. The van der Waals surface area contributed by atoms with Crippen LogP contribution in [0.5, 0.6) is 0 Å². The monoisotopic (exact) mass is 287 g/mol. The first-order valence-electron chi connectivity index (χ1n) is 7.92. The molecule has 5 atom stereocenters. The molecule has 0 bridgehead atoms. The van der Waals surface area contributed by atoms with Crippen molar-refractivity contribution < 1.29 is 14.9 Å². The quantitative estimate of drug-likeness (QED) is 0.783. The molecule has 4 heteroatoms. The maximum Gasteiger partial charge on any atom is 0.0959 e. The van der Waals surface area contributed by atoms with Crippen molar-refractivity contribution in [2.24, 2.45) is 11.8 Å². The van der Waals surface area contributed by atoms with Gasteiger partial charge in [0.05, 0.1) is 24.4 Å². The van der Waals surface area contributed by atoms with E-state index < -0.39 is 12.2 Å². The summed E-state index contributed by atoms with van der Waals surface area (Å²) < 4.78 is 6.01. The molecular formula is C16H33NO3. The number of aliphatic hydroxyl groups is 2. The highest BCUT2D eigenvalue weighted by Gasteiger charge is 2.42. The first-order chi connectivity index (χ1) is 9.23. The third-order valence-electron chi connectivity index (χ3n) is 4.33. The first-order valence-corrected chi connectivity index (χ1v) is 7.92. The number of rotatable bonds is 6. The molecule has 4 nitrogen and oxygen atoms in total. The maximum atomic E-state index is 10.4. The van der Waals surface area contributed by atoms with Crippen molar-refractivity contribution in [1.29, 1.82) is 0 Å². The second kappa shape index (κ2) is 7.74. The zero-order chi connectivity index (χ0) is 15.4. The van der Waals surface area contributed by atoms with Crippen molar-refractivity contribution in [3.8, 4) is 0 Å². The Morgan fingerprint density at radius 3 is 2.20 bits per heavy atom. The lowest BCUT2D eigenvalue weighted by molar-refractivity contribution is -0.189. The molecule has 0 amide bonds. The van der Waals surface area contributed by atoms with Crippen LogP contribution >= 0.6 is 0 Å². The second-order valence-corrected chi connectivity index (χ2v) is 7.18. The van der Waals surface area contributed by atoms with E-state index in [0.717, 1.165) is 12.8 Å². The molecule has 0 aromatic heterocycles. The Morgan fingerprint density at radius 2 is 1.75 bits per heavy atom. The van der Waals surface area contributed by atoms with Crippen LogP contribution in [0.2, 0.25) is 0 Å². The van der Waals surface area contributed by atoms with Gasteiger partial charge in [0.2, 0.25) is 0 Å². The van der Waals surface area contributed by atoms with Gasteiger partial charge in [0.25, 0.3) is 0 Å². The molecule has 1 aliphatic rings. The van der Waals surface area contributed by atoms with Gasteiger partial charge in [-0.3, -0.25) is 0 Å². The predicted octanol–water partition coefficient (Wildman–Crippen LogP) is 1.89. The van der Waals surface area contributed by atoms with E-state index in [1.807, 2.05) is 19.0 Å². The fourth-order valence-corrected chi connectivity index (χ4v) is 2.94. The van der Waals surface area contributed by atoms with Gasteiger partial charge in [-0.1, -0.05) is 27.7 Å². The highest BCUT2D eigenvalue weighted by Crippen LogP contribution is 2.30. The zero-order valence-electron chi connectivity index (χ0n) is 13.9. The van der Waals surface area contributed by atoms with Crippen LogP contribution in [0.25, 0.3) is 0 Å². The van der Waals surface area contributed by atoms with E-state index in [0.29, 0.717) is 12.3 Å². The summed E-state index contributed by atoms with van der Waals surface area (Å²) in [5, 5.41) is 20.8. The van der Waals surface area contributed by atoms with E-state index in [4.69, 9.17) is 4.74 Å². The molecule has 1 saturated heterocycles. The summed E-state index contributed by atoms with van der Waals surface area (Å²) in [7, 11) is 3.96. The highest BCUT2D eigenvalue weighted by atomic mass is 16.5. The van der Waals surface area contributed by atoms with E-state index in [2.05, 4.69) is 27.7 Å². The largest absolute Gasteiger partial charge is 0.390 e. The molecule has 0 aliphatic carbocycles. The molecular weight excluding hydrogens is 254 g/mol. The van der Waals surface area contributed by atoms with Gasteiger partial charge in [-0.05, 0) is 45.2 Å². The van der Waals surface area contributed by atoms with E-state index in [1.54, 1.807) is 0 Å². The summed E-state index contributed by atoms with van der Waals surface area (Å²) in [4.78, 5) is 2.05. The van der Waals surface area contributed by atoms with Gasteiger partial charge in [0.15, 0.2) is 0 Å². The number of hydrogen-bond acceptors (Lipinski definition) is 4. The lowest BCUT2D eigenvalue weighted by atomic mass is 9.86. The van der Waals surface area contributed by atoms with Gasteiger partial charge in [0, 0.05) is 6.04 Å². The van der Waals surface area contributed by atoms with Crippen LogP contribution < -0.4 is 0 Å². The average Bonchev–Trinajstić information content (AvgIpc) is 2.35. The molecule has 1 rings (SSSR count). The molecule has 0 aromatic rings. The van der Waals surface area contributed by atoms with Gasteiger partial charge in [-0.2, -0.15) is 0 Å². The van der Waals surface area contributed by atoms with Gasteiger partial charge in [-0.15, -0.1) is 0 Å². The number of ether oxygens (including phenoxy) is 1. The highest BCUT2D eigenvalue weighted by molar-refractivity contribution is 4.93. The molecule has 0 saturated carbocycles. The summed E-state index contributed by atoms with van der Waals surface area (Å²) in [6.07, 6.45) is 1.17. The Bertz CT molecular complexity index is 263. The third-order valence-corrected chi connectivity index (χ3v) is 4.33. The minimum atomic E-state index is -0.487. The van der Waals surface area contributed by atoms with Gasteiger partial charge >= 0.3 is 0 Å². The summed E-state index contributed by atoms with van der Waals surface area (Å²) >= 11 is 0. The second-order valence-electron chi connectivity index (χ2n) is 7.18. The fraction of sp³-hybridized carbons (Fsp3) is 1.00. The van der Waals surface area contributed by atoms with Crippen molar-refractivity contribution in [3.63, 3.8) is 0 Å². The van der Waals surface area contributed by atoms with Gasteiger partial charge < -0.3 is 19.8 Å². The number of hydrogen-bond donors (Lipinski definition) is 2. The molecule has 1 aliphatic heterocycles. The van der Waals surface area contributed by atoms with E-state index in [9.17, 15) is 10.2 Å². The number of likely N-dealkylation sites (N-methyl/N-ethyl adjacent to an activating group) is 1. The van der Waals surface area contributed by atoms with Crippen molar-refractivity contribution in [1.82, 2.24) is 4.90 Å². The molecule has 1 heterocycles. The predicted molar refractivity (Wildman–Crippen MR) is 81.7 cm³/mol. The summed E-state index contributed by atoms with van der Waals surface area (Å²) in [5.74, 6) is 0.830. The molecule has 20 heavy (non-hydrogen) atoms. The van der Waals surface area contributed by atoms with Crippen LogP contribution in [0.15, 0.2) is 0 Å². The van der Waals surface area contributed by atoms with E-state index >= 15 is 0 Å². The minimum absolute atomic E-state index is 0.0508. The van der Waals surface area contributed by atoms with Crippen LogP contribution in [0, 0.1) is 11.8 Å². The first kappa shape index (κ1) is 17.9. The Labute approximate surface area is 124 Å². The Kier molecular flexibility index (Phi) is 6.92. The summed E-state index contributed by atoms with van der Waals surface area (Å²) in [6.45, 7) is 8.45. The lowest BCUT2D eigenvalue weighted by Gasteiger charge is -2.45. The maximum absolute atomic E-state index is 10.4. The van der Waals surface area contributed by atoms with Crippen LogP contribution in [0.4, 0.5) is 0 Å². The van der Waals surface area contributed by atoms with Crippen LogP contribution in [0.1, 0.15) is 47.0 Å². The Hall–Kier alpha value is -0.160. The zero-order valence-corrected chi connectivity index (χ0v) is 13.9. The minimum Gasteiger partial charge on any atom is -0.390 e. The fourth-order valence-electron chi connectivity index (χ4n) is 2.94. The number of aliphatic hydroxyl groups excluding tert-OH is 2. The summed E-state index contributed by atoms with van der Waals surface area (Å²) in [6, 6.07) is 0.0508. The van der Waals surface area contributed by atoms with Crippen molar-refractivity contribution in [2.45, 2.75) is 77.4 Å². The van der Waals surface area contributed by atoms with Gasteiger partial charge in [-0.25, -0.2) is 0 Å². The molecule has 2 N–H and O–H groups in total. The SMILES string of the molecule is CC(C)CCC(O)C1CC(N(C)C)C(O)[C@H](C(C)C)O1.